The van der Waals surface area contributed by atoms with Gasteiger partial charge >= 0.3 is 5.97 Å². The first kappa shape index (κ1) is 15.2. The minimum absolute atomic E-state index is 0.0289. The SMILES string of the molecule is COC(=O)/C(=C\c1ccc2ccccc2c1)C(=O)c1ccsc1. The van der Waals surface area contributed by atoms with Crippen molar-refractivity contribution in [3.05, 3.63) is 76.0 Å². The minimum atomic E-state index is -0.630. The lowest BCUT2D eigenvalue weighted by Gasteiger charge is -2.05. The van der Waals surface area contributed by atoms with E-state index in [0.29, 0.717) is 5.56 Å². The number of thiophene rings is 1. The fourth-order valence-corrected chi connectivity index (χ4v) is 2.98. The summed E-state index contributed by atoms with van der Waals surface area (Å²) in [4.78, 5) is 24.5. The molecule has 0 N–H and O–H groups in total. The minimum Gasteiger partial charge on any atom is -0.465 e. The van der Waals surface area contributed by atoms with Crippen LogP contribution in [-0.4, -0.2) is 18.9 Å². The molecule has 3 aromatic rings. The van der Waals surface area contributed by atoms with Gasteiger partial charge in [-0.15, -0.1) is 0 Å². The van der Waals surface area contributed by atoms with Crippen molar-refractivity contribution in [2.45, 2.75) is 0 Å². The summed E-state index contributed by atoms with van der Waals surface area (Å²) in [7, 11) is 1.28. The molecule has 0 fully saturated rings. The van der Waals surface area contributed by atoms with Crippen LogP contribution < -0.4 is 0 Å². The topological polar surface area (TPSA) is 43.4 Å². The molecule has 4 heteroatoms. The molecular weight excluding hydrogens is 308 g/mol. The zero-order chi connectivity index (χ0) is 16.2. The maximum Gasteiger partial charge on any atom is 0.341 e. The zero-order valence-corrected chi connectivity index (χ0v) is 13.3. The fourth-order valence-electron chi connectivity index (χ4n) is 2.34. The highest BCUT2D eigenvalue weighted by Crippen LogP contribution is 2.20. The van der Waals surface area contributed by atoms with Crippen molar-refractivity contribution in [1.82, 2.24) is 0 Å². The van der Waals surface area contributed by atoms with E-state index < -0.39 is 5.97 Å². The quantitative estimate of drug-likeness (QED) is 0.236. The van der Waals surface area contributed by atoms with Crippen molar-refractivity contribution < 1.29 is 14.3 Å². The number of hydrogen-bond donors (Lipinski definition) is 0. The van der Waals surface area contributed by atoms with E-state index in [0.717, 1.165) is 16.3 Å². The molecule has 1 heterocycles. The summed E-state index contributed by atoms with van der Waals surface area (Å²) < 4.78 is 4.77. The van der Waals surface area contributed by atoms with E-state index >= 15 is 0 Å². The predicted molar refractivity (Wildman–Crippen MR) is 92.6 cm³/mol. The lowest BCUT2D eigenvalue weighted by Crippen LogP contribution is -2.14. The molecule has 2 aromatic carbocycles. The van der Waals surface area contributed by atoms with Crippen LogP contribution in [0.25, 0.3) is 16.8 Å². The van der Waals surface area contributed by atoms with Crippen molar-refractivity contribution in [2.24, 2.45) is 0 Å². The Kier molecular flexibility index (Phi) is 4.35. The molecule has 0 radical (unpaired) electrons. The maximum absolute atomic E-state index is 12.5. The molecule has 0 saturated heterocycles. The Morgan fingerprint density at radius 2 is 1.83 bits per heavy atom. The van der Waals surface area contributed by atoms with E-state index in [-0.39, 0.29) is 11.4 Å². The molecule has 3 nitrogen and oxygen atoms in total. The van der Waals surface area contributed by atoms with Gasteiger partial charge in [0.05, 0.1) is 7.11 Å². The monoisotopic (exact) mass is 322 g/mol. The van der Waals surface area contributed by atoms with Crippen LogP contribution in [0.3, 0.4) is 0 Å². The van der Waals surface area contributed by atoms with Crippen molar-refractivity contribution in [2.75, 3.05) is 7.11 Å². The highest BCUT2D eigenvalue weighted by molar-refractivity contribution is 7.08. The fraction of sp³-hybridized carbons (Fsp3) is 0.0526. The molecule has 0 spiro atoms. The molecule has 1 aromatic heterocycles. The van der Waals surface area contributed by atoms with E-state index in [2.05, 4.69) is 0 Å². The van der Waals surface area contributed by atoms with Gasteiger partial charge in [-0.1, -0.05) is 36.4 Å². The number of benzene rings is 2. The van der Waals surface area contributed by atoms with Gasteiger partial charge in [0.2, 0.25) is 5.78 Å². The second kappa shape index (κ2) is 6.58. The van der Waals surface area contributed by atoms with Crippen LogP contribution in [0.4, 0.5) is 0 Å². The molecule has 0 unspecified atom stereocenters. The zero-order valence-electron chi connectivity index (χ0n) is 12.5. The summed E-state index contributed by atoms with van der Waals surface area (Å²) in [5, 5.41) is 5.68. The summed E-state index contributed by atoms with van der Waals surface area (Å²) in [5.74, 6) is -0.958. The van der Waals surface area contributed by atoms with Gasteiger partial charge in [0.25, 0.3) is 0 Å². The summed E-state index contributed by atoms with van der Waals surface area (Å²) >= 11 is 1.41. The van der Waals surface area contributed by atoms with Gasteiger partial charge in [-0.05, 0) is 39.9 Å². The summed E-state index contributed by atoms with van der Waals surface area (Å²) in [6.07, 6.45) is 1.58. The van der Waals surface area contributed by atoms with Crippen LogP contribution in [0.15, 0.2) is 64.9 Å². The molecule has 0 atom stereocenters. The number of hydrogen-bond acceptors (Lipinski definition) is 4. The Hall–Kier alpha value is -2.72. The Balaban J connectivity index is 2.05. The number of fused-ring (bicyclic) bond motifs is 1. The van der Waals surface area contributed by atoms with Gasteiger partial charge in [0.1, 0.15) is 5.57 Å². The molecule has 0 amide bonds. The number of carbonyl (C=O) groups is 2. The maximum atomic E-state index is 12.5. The second-order valence-electron chi connectivity index (χ2n) is 5.00. The Bertz CT molecular complexity index is 892. The van der Waals surface area contributed by atoms with Gasteiger partial charge < -0.3 is 4.74 Å². The third-order valence-electron chi connectivity index (χ3n) is 3.52. The first-order chi connectivity index (χ1) is 11.2. The third-order valence-corrected chi connectivity index (χ3v) is 4.20. The lowest BCUT2D eigenvalue weighted by molar-refractivity contribution is -0.135. The van der Waals surface area contributed by atoms with Gasteiger partial charge in [-0.25, -0.2) is 4.79 Å². The summed E-state index contributed by atoms with van der Waals surface area (Å²) in [6.45, 7) is 0. The highest BCUT2D eigenvalue weighted by Gasteiger charge is 2.20. The highest BCUT2D eigenvalue weighted by atomic mass is 32.1. The summed E-state index contributed by atoms with van der Waals surface area (Å²) in [5.41, 5.74) is 1.31. The van der Waals surface area contributed by atoms with E-state index in [9.17, 15) is 9.59 Å². The van der Waals surface area contributed by atoms with Gasteiger partial charge in [0.15, 0.2) is 0 Å². The van der Waals surface area contributed by atoms with Crippen LogP contribution in [0.5, 0.6) is 0 Å². The molecule has 0 bridgehead atoms. The van der Waals surface area contributed by atoms with E-state index in [1.807, 2.05) is 42.5 Å². The van der Waals surface area contributed by atoms with Crippen LogP contribution >= 0.6 is 11.3 Å². The molecule has 0 aliphatic rings. The molecule has 0 aliphatic heterocycles. The first-order valence-corrected chi connectivity index (χ1v) is 7.99. The van der Waals surface area contributed by atoms with E-state index in [1.54, 1.807) is 22.9 Å². The van der Waals surface area contributed by atoms with Crippen molar-refractivity contribution in [1.29, 1.82) is 0 Å². The van der Waals surface area contributed by atoms with Crippen molar-refractivity contribution >= 4 is 39.9 Å². The normalized spacial score (nSPS) is 11.4. The Morgan fingerprint density at radius 1 is 1.04 bits per heavy atom. The van der Waals surface area contributed by atoms with Gasteiger partial charge in [-0.2, -0.15) is 11.3 Å². The van der Waals surface area contributed by atoms with Gasteiger partial charge in [-0.3, -0.25) is 4.79 Å². The summed E-state index contributed by atoms with van der Waals surface area (Å²) in [6, 6.07) is 15.4. The number of carbonyl (C=O) groups excluding carboxylic acids is 2. The Morgan fingerprint density at radius 3 is 2.52 bits per heavy atom. The average Bonchev–Trinajstić information content (AvgIpc) is 3.13. The molecule has 0 aliphatic carbocycles. The molecular formula is C19H14O3S. The number of Topliss-reactive ketones (excluding diaryl/α,β-unsaturated/α-hetero) is 1. The van der Waals surface area contributed by atoms with Crippen molar-refractivity contribution in [3.63, 3.8) is 0 Å². The molecule has 0 saturated carbocycles. The molecule has 114 valence electrons. The third kappa shape index (κ3) is 3.22. The largest absolute Gasteiger partial charge is 0.465 e. The molecule has 23 heavy (non-hydrogen) atoms. The first-order valence-electron chi connectivity index (χ1n) is 7.05. The Labute approximate surface area is 137 Å². The van der Waals surface area contributed by atoms with E-state index in [4.69, 9.17) is 4.74 Å². The van der Waals surface area contributed by atoms with Crippen LogP contribution in [0, 0.1) is 0 Å². The lowest BCUT2D eigenvalue weighted by atomic mass is 10.0. The smallest absolute Gasteiger partial charge is 0.341 e. The number of ketones is 1. The van der Waals surface area contributed by atoms with Crippen LogP contribution in [0.2, 0.25) is 0 Å². The standard InChI is InChI=1S/C19H14O3S/c1-22-19(21)17(18(20)16-8-9-23-12-16)11-13-6-7-14-4-2-3-5-15(14)10-13/h2-12H,1H3/b17-11-. The molecule has 3 rings (SSSR count). The number of methoxy groups -OCH3 is 1. The van der Waals surface area contributed by atoms with Crippen molar-refractivity contribution in [3.8, 4) is 0 Å². The van der Waals surface area contributed by atoms with Crippen LogP contribution in [0.1, 0.15) is 15.9 Å². The number of rotatable bonds is 4. The predicted octanol–water partition coefficient (Wildman–Crippen LogP) is 4.34. The average molecular weight is 322 g/mol. The van der Waals surface area contributed by atoms with Gasteiger partial charge in [0, 0.05) is 10.9 Å². The second-order valence-corrected chi connectivity index (χ2v) is 5.78. The van der Waals surface area contributed by atoms with Crippen LogP contribution in [-0.2, 0) is 9.53 Å². The number of ether oxygens (including phenoxy) is 1. The number of esters is 1. The van der Waals surface area contributed by atoms with E-state index in [1.165, 1.54) is 18.4 Å².